The lowest BCUT2D eigenvalue weighted by molar-refractivity contribution is 0.628. The fourth-order valence-corrected chi connectivity index (χ4v) is 3.13. The second-order valence-corrected chi connectivity index (χ2v) is 5.53. The lowest BCUT2D eigenvalue weighted by atomic mass is 9.95. The number of hydrogen-bond acceptors (Lipinski definition) is 0. The maximum Gasteiger partial charge on any atom is 0.126 e. The minimum atomic E-state index is -0.430. The van der Waals surface area contributed by atoms with E-state index in [1.807, 2.05) is 30.3 Å². The molecule has 0 aliphatic heterocycles. The Morgan fingerprint density at radius 1 is 0.850 bits per heavy atom. The van der Waals surface area contributed by atoms with Gasteiger partial charge in [-0.05, 0) is 41.0 Å². The summed E-state index contributed by atoms with van der Waals surface area (Å²) >= 11 is 12.4. The van der Waals surface area contributed by atoms with Crippen molar-refractivity contribution in [3.8, 4) is 11.1 Å². The summed E-state index contributed by atoms with van der Waals surface area (Å²) in [5.74, 6) is -0.430. The van der Waals surface area contributed by atoms with E-state index in [9.17, 15) is 4.39 Å². The molecule has 0 unspecified atom stereocenters. The Balaban J connectivity index is 2.39. The summed E-state index contributed by atoms with van der Waals surface area (Å²) in [6.07, 6.45) is 0. The van der Waals surface area contributed by atoms with Crippen LogP contribution in [0.3, 0.4) is 0 Å². The number of fused-ring (bicyclic) bond motifs is 1. The molecule has 0 nitrogen and oxygen atoms in total. The van der Waals surface area contributed by atoms with E-state index in [-0.39, 0.29) is 0 Å². The third kappa shape index (κ3) is 2.17. The third-order valence-electron chi connectivity index (χ3n) is 3.42. The highest BCUT2D eigenvalue weighted by molar-refractivity contribution is 6.39. The molecule has 0 saturated carbocycles. The van der Waals surface area contributed by atoms with Crippen LogP contribution in [0, 0.1) is 12.7 Å². The van der Waals surface area contributed by atoms with Gasteiger partial charge in [-0.2, -0.15) is 0 Å². The predicted molar refractivity (Wildman–Crippen MR) is 84.1 cm³/mol. The highest BCUT2D eigenvalue weighted by Crippen LogP contribution is 2.39. The highest BCUT2D eigenvalue weighted by Gasteiger charge is 2.14. The summed E-state index contributed by atoms with van der Waals surface area (Å²) in [6, 6.07) is 14.6. The van der Waals surface area contributed by atoms with E-state index in [1.165, 1.54) is 17.7 Å². The fourth-order valence-electron chi connectivity index (χ4n) is 2.47. The van der Waals surface area contributed by atoms with Gasteiger partial charge in [0, 0.05) is 5.56 Å². The molecule has 0 heterocycles. The minimum absolute atomic E-state index is 0.323. The van der Waals surface area contributed by atoms with Gasteiger partial charge >= 0.3 is 0 Å². The summed E-state index contributed by atoms with van der Waals surface area (Å²) < 4.78 is 13.3. The zero-order valence-corrected chi connectivity index (χ0v) is 12.3. The molecule has 100 valence electrons. The Hall–Kier alpha value is -1.57. The van der Waals surface area contributed by atoms with Gasteiger partial charge in [0.1, 0.15) is 5.82 Å². The molecule has 0 fully saturated rings. The maximum atomic E-state index is 13.3. The normalized spacial score (nSPS) is 11.0. The number of hydrogen-bond donors (Lipinski definition) is 0. The van der Waals surface area contributed by atoms with Crippen LogP contribution in [0.25, 0.3) is 21.9 Å². The van der Waals surface area contributed by atoms with E-state index in [0.717, 1.165) is 16.3 Å². The van der Waals surface area contributed by atoms with Crippen molar-refractivity contribution < 1.29 is 4.39 Å². The lowest BCUT2D eigenvalue weighted by Gasteiger charge is -2.12. The average molecular weight is 305 g/mol. The number of halogens is 3. The smallest absolute Gasteiger partial charge is 0.126 e. The van der Waals surface area contributed by atoms with Gasteiger partial charge in [0.05, 0.1) is 10.0 Å². The summed E-state index contributed by atoms with van der Waals surface area (Å²) in [7, 11) is 0. The van der Waals surface area contributed by atoms with Crippen LogP contribution in [0.15, 0.2) is 48.5 Å². The van der Waals surface area contributed by atoms with E-state index >= 15 is 0 Å². The Labute approximate surface area is 126 Å². The van der Waals surface area contributed by atoms with Gasteiger partial charge in [0.2, 0.25) is 0 Å². The van der Waals surface area contributed by atoms with Gasteiger partial charge in [-0.15, -0.1) is 0 Å². The predicted octanol–water partition coefficient (Wildman–Crippen LogP) is 6.26. The third-order valence-corrected chi connectivity index (χ3v) is 4.01. The molecule has 3 rings (SSSR count). The van der Waals surface area contributed by atoms with Crippen LogP contribution < -0.4 is 0 Å². The largest absolute Gasteiger partial charge is 0.207 e. The first-order chi connectivity index (χ1) is 9.58. The molecular formula is C17H11Cl2F. The van der Waals surface area contributed by atoms with Crippen molar-refractivity contribution in [2.24, 2.45) is 0 Å². The van der Waals surface area contributed by atoms with Crippen LogP contribution in [0.4, 0.5) is 4.39 Å². The zero-order valence-electron chi connectivity index (χ0n) is 10.8. The van der Waals surface area contributed by atoms with Crippen molar-refractivity contribution in [1.29, 1.82) is 0 Å². The van der Waals surface area contributed by atoms with Gasteiger partial charge < -0.3 is 0 Å². The Kier molecular flexibility index (Phi) is 3.41. The van der Waals surface area contributed by atoms with Crippen molar-refractivity contribution in [1.82, 2.24) is 0 Å². The Bertz CT molecular complexity index is 786. The Morgan fingerprint density at radius 3 is 2.10 bits per heavy atom. The van der Waals surface area contributed by atoms with E-state index in [1.54, 1.807) is 0 Å². The van der Waals surface area contributed by atoms with E-state index in [4.69, 9.17) is 23.2 Å². The first-order valence-electron chi connectivity index (χ1n) is 6.21. The second-order valence-electron chi connectivity index (χ2n) is 4.72. The van der Waals surface area contributed by atoms with Gasteiger partial charge in [0.25, 0.3) is 0 Å². The van der Waals surface area contributed by atoms with Crippen LogP contribution in [-0.2, 0) is 0 Å². The van der Waals surface area contributed by atoms with Crippen LogP contribution in [-0.4, -0.2) is 0 Å². The molecule has 0 amide bonds. The van der Waals surface area contributed by atoms with Crippen molar-refractivity contribution in [3.05, 3.63) is 70.0 Å². The minimum Gasteiger partial charge on any atom is -0.207 e. The Morgan fingerprint density at radius 2 is 1.45 bits per heavy atom. The highest BCUT2D eigenvalue weighted by atomic mass is 35.5. The molecule has 0 aliphatic carbocycles. The molecule has 0 aromatic heterocycles. The first-order valence-corrected chi connectivity index (χ1v) is 6.97. The number of benzene rings is 3. The number of aryl methyl sites for hydroxylation is 1. The summed E-state index contributed by atoms with van der Waals surface area (Å²) in [6.45, 7) is 2.06. The summed E-state index contributed by atoms with van der Waals surface area (Å²) in [5.41, 5.74) is 2.77. The molecule has 3 heteroatoms. The molecule has 20 heavy (non-hydrogen) atoms. The molecular weight excluding hydrogens is 294 g/mol. The molecule has 0 radical (unpaired) electrons. The molecule has 0 bridgehead atoms. The average Bonchev–Trinajstić information content (AvgIpc) is 2.40. The molecule has 0 aliphatic rings. The standard InChI is InChI=1S/C17H11Cl2F/c1-10-6-7-14(13-5-3-2-4-12(10)13)17-15(18)8-11(20)9-16(17)19/h2-9H,1H3. The zero-order chi connectivity index (χ0) is 14.3. The quantitative estimate of drug-likeness (QED) is 0.497. The lowest BCUT2D eigenvalue weighted by Crippen LogP contribution is -1.88. The fraction of sp³-hybridized carbons (Fsp3) is 0.0588. The van der Waals surface area contributed by atoms with Crippen molar-refractivity contribution >= 4 is 34.0 Å². The molecule has 3 aromatic rings. The van der Waals surface area contributed by atoms with Gasteiger partial charge in [-0.25, -0.2) is 4.39 Å². The van der Waals surface area contributed by atoms with Crippen LogP contribution in [0.2, 0.25) is 10.0 Å². The van der Waals surface area contributed by atoms with Gasteiger partial charge in [-0.3, -0.25) is 0 Å². The summed E-state index contributed by atoms with van der Waals surface area (Å²) in [4.78, 5) is 0. The monoisotopic (exact) mass is 304 g/mol. The number of rotatable bonds is 1. The summed E-state index contributed by atoms with van der Waals surface area (Å²) in [5, 5.41) is 2.84. The van der Waals surface area contributed by atoms with Crippen molar-refractivity contribution in [2.75, 3.05) is 0 Å². The first kappa shape index (κ1) is 13.4. The molecule has 0 spiro atoms. The van der Waals surface area contributed by atoms with Crippen molar-refractivity contribution in [2.45, 2.75) is 6.92 Å². The topological polar surface area (TPSA) is 0 Å². The molecule has 0 saturated heterocycles. The van der Waals surface area contributed by atoms with Crippen molar-refractivity contribution in [3.63, 3.8) is 0 Å². The van der Waals surface area contributed by atoms with Crippen LogP contribution in [0.5, 0.6) is 0 Å². The van der Waals surface area contributed by atoms with E-state index < -0.39 is 5.82 Å². The van der Waals surface area contributed by atoms with Gasteiger partial charge in [-0.1, -0.05) is 59.6 Å². The second kappa shape index (κ2) is 5.08. The maximum absolute atomic E-state index is 13.3. The van der Waals surface area contributed by atoms with Crippen LogP contribution >= 0.6 is 23.2 Å². The molecule has 3 aromatic carbocycles. The van der Waals surface area contributed by atoms with E-state index in [2.05, 4.69) is 13.0 Å². The van der Waals surface area contributed by atoms with E-state index in [0.29, 0.717) is 15.6 Å². The molecule has 0 N–H and O–H groups in total. The SMILES string of the molecule is Cc1ccc(-c2c(Cl)cc(F)cc2Cl)c2ccccc12. The van der Waals surface area contributed by atoms with Gasteiger partial charge in [0.15, 0.2) is 0 Å². The van der Waals surface area contributed by atoms with Crippen LogP contribution in [0.1, 0.15) is 5.56 Å². The molecule has 0 atom stereocenters.